The lowest BCUT2D eigenvalue weighted by molar-refractivity contribution is -0.274. The largest absolute Gasteiger partial charge is 0.573 e. The van der Waals surface area contributed by atoms with Crippen LogP contribution in [0.2, 0.25) is 0 Å². The van der Waals surface area contributed by atoms with Crippen molar-refractivity contribution >= 4 is 17.9 Å². The molecular formula is C40H37F3O10. The molecule has 0 aromatic heterocycles. The van der Waals surface area contributed by atoms with Crippen molar-refractivity contribution in [3.8, 4) is 17.2 Å². The van der Waals surface area contributed by atoms with Gasteiger partial charge in [-0.15, -0.1) is 13.2 Å². The molecule has 1 aliphatic heterocycles. The van der Waals surface area contributed by atoms with Crippen molar-refractivity contribution in [2.24, 2.45) is 5.92 Å². The first-order valence-electron chi connectivity index (χ1n) is 17.2. The number of ether oxygens (including phenoxy) is 6. The number of carbonyl (C=O) groups excluding carboxylic acids is 3. The van der Waals surface area contributed by atoms with Crippen LogP contribution in [-0.4, -0.2) is 54.8 Å². The monoisotopic (exact) mass is 734 g/mol. The number of hydrogen-bond acceptors (Lipinski definition) is 10. The molecule has 0 amide bonds. The van der Waals surface area contributed by atoms with Crippen molar-refractivity contribution in [1.29, 1.82) is 0 Å². The Morgan fingerprint density at radius 2 is 1.47 bits per heavy atom. The maximum absolute atomic E-state index is 13.2. The van der Waals surface area contributed by atoms with Crippen molar-refractivity contribution < 1.29 is 61.1 Å². The van der Waals surface area contributed by atoms with Crippen LogP contribution in [0, 0.1) is 5.92 Å². The summed E-state index contributed by atoms with van der Waals surface area (Å²) in [4.78, 5) is 39.2. The number of esters is 3. The van der Waals surface area contributed by atoms with Crippen LogP contribution >= 0.6 is 0 Å². The molecule has 278 valence electrons. The molecule has 10 nitrogen and oxygen atoms in total. The van der Waals surface area contributed by atoms with E-state index in [-0.39, 0.29) is 34.8 Å². The second kappa shape index (κ2) is 17.1. The minimum absolute atomic E-state index is 0.0584. The third-order valence-corrected chi connectivity index (χ3v) is 8.88. The molecule has 4 aromatic rings. The summed E-state index contributed by atoms with van der Waals surface area (Å²) in [6.07, 6.45) is -0.341. The van der Waals surface area contributed by atoms with Crippen LogP contribution in [-0.2, 0) is 20.8 Å². The second-order valence-electron chi connectivity index (χ2n) is 12.8. The Kier molecular flexibility index (Phi) is 12.1. The zero-order valence-corrected chi connectivity index (χ0v) is 28.5. The Hall–Kier alpha value is -5.24. The van der Waals surface area contributed by atoms with Crippen LogP contribution in [0.5, 0.6) is 17.2 Å². The van der Waals surface area contributed by atoms with Crippen LogP contribution in [0.25, 0.3) is 0 Å². The van der Waals surface area contributed by atoms with Crippen molar-refractivity contribution in [2.75, 3.05) is 13.2 Å². The van der Waals surface area contributed by atoms with Gasteiger partial charge in [0.1, 0.15) is 29.4 Å². The fourth-order valence-electron chi connectivity index (χ4n) is 6.01. The van der Waals surface area contributed by atoms with E-state index < -0.39 is 36.1 Å². The number of rotatable bonds is 15. The highest BCUT2D eigenvalue weighted by Gasteiger charge is 2.43. The van der Waals surface area contributed by atoms with E-state index in [1.54, 1.807) is 42.5 Å². The molecule has 0 radical (unpaired) electrons. The summed E-state index contributed by atoms with van der Waals surface area (Å²) in [5.74, 6) is -2.94. The highest BCUT2D eigenvalue weighted by atomic mass is 19.4. The molecule has 1 saturated heterocycles. The molecule has 4 aromatic carbocycles. The first-order valence-corrected chi connectivity index (χ1v) is 17.2. The SMILES string of the molecule is O=C(Oc1ccc(OC(=O)c2ccc(OC(F)(F)F)cc2)c(C(=O)OCc2ccccc2)c1)c1ccc(C(O)CCCOCC2CCC3OC3C2)cc1. The van der Waals surface area contributed by atoms with E-state index in [2.05, 4.69) is 4.74 Å². The van der Waals surface area contributed by atoms with E-state index in [1.165, 1.54) is 30.3 Å². The molecule has 53 heavy (non-hydrogen) atoms. The molecule has 0 bridgehead atoms. The number of aliphatic hydroxyl groups is 1. The summed E-state index contributed by atoms with van der Waals surface area (Å²) in [6.45, 7) is 1.13. The van der Waals surface area contributed by atoms with Crippen LogP contribution in [0.3, 0.4) is 0 Å². The molecule has 4 unspecified atom stereocenters. The van der Waals surface area contributed by atoms with Gasteiger partial charge in [0, 0.05) is 13.2 Å². The summed E-state index contributed by atoms with van der Waals surface area (Å²) in [5.41, 5.74) is 1.13. The zero-order chi connectivity index (χ0) is 37.4. The Labute approximate surface area is 303 Å². The fraction of sp³-hybridized carbons (Fsp3) is 0.325. The van der Waals surface area contributed by atoms with Crippen molar-refractivity contribution in [2.45, 2.75) is 63.4 Å². The lowest BCUT2D eigenvalue weighted by atomic mass is 9.90. The quantitative estimate of drug-likeness (QED) is 0.0560. The number of epoxide rings is 1. The molecule has 0 spiro atoms. The van der Waals surface area contributed by atoms with E-state index in [0.717, 1.165) is 43.5 Å². The third kappa shape index (κ3) is 10.9. The minimum atomic E-state index is -4.91. The smallest absolute Gasteiger partial charge is 0.457 e. The number of halogens is 3. The summed E-state index contributed by atoms with van der Waals surface area (Å²) in [6, 6.07) is 22.9. The molecule has 2 aliphatic rings. The van der Waals surface area contributed by atoms with Crippen LogP contribution in [0.15, 0.2) is 97.1 Å². The average Bonchev–Trinajstić information content (AvgIpc) is 3.93. The predicted molar refractivity (Wildman–Crippen MR) is 183 cm³/mol. The van der Waals surface area contributed by atoms with Gasteiger partial charge in [0.25, 0.3) is 0 Å². The van der Waals surface area contributed by atoms with Crippen LogP contribution in [0.1, 0.15) is 80.4 Å². The van der Waals surface area contributed by atoms with Crippen LogP contribution in [0.4, 0.5) is 13.2 Å². The molecule has 6 rings (SSSR count). The van der Waals surface area contributed by atoms with Gasteiger partial charge in [0.05, 0.1) is 29.4 Å². The Bertz CT molecular complexity index is 1860. The highest BCUT2D eigenvalue weighted by Crippen LogP contribution is 2.39. The molecule has 1 N–H and O–H groups in total. The van der Waals surface area contributed by atoms with Crippen molar-refractivity contribution in [3.63, 3.8) is 0 Å². The molecule has 1 aliphatic carbocycles. The number of aliphatic hydroxyl groups excluding tert-OH is 1. The minimum Gasteiger partial charge on any atom is -0.457 e. The maximum atomic E-state index is 13.2. The number of fused-ring (bicyclic) bond motifs is 1. The van der Waals surface area contributed by atoms with Crippen molar-refractivity contribution in [1.82, 2.24) is 0 Å². The molecule has 1 saturated carbocycles. The van der Waals surface area contributed by atoms with E-state index >= 15 is 0 Å². The third-order valence-electron chi connectivity index (χ3n) is 8.88. The second-order valence-corrected chi connectivity index (χ2v) is 12.8. The van der Waals surface area contributed by atoms with Gasteiger partial charge in [-0.3, -0.25) is 0 Å². The summed E-state index contributed by atoms with van der Waals surface area (Å²) >= 11 is 0. The topological polar surface area (TPSA) is 130 Å². The number of hydrogen-bond donors (Lipinski definition) is 1. The van der Waals surface area contributed by atoms with Crippen LogP contribution < -0.4 is 14.2 Å². The van der Waals surface area contributed by atoms with Gasteiger partial charge in [-0.25, -0.2) is 14.4 Å². The van der Waals surface area contributed by atoms with Gasteiger partial charge in [-0.05, 0) is 104 Å². The maximum Gasteiger partial charge on any atom is 0.573 e. The molecule has 1 heterocycles. The van der Waals surface area contributed by atoms with Gasteiger partial charge in [0.2, 0.25) is 0 Å². The lowest BCUT2D eigenvalue weighted by Crippen LogP contribution is -2.18. The van der Waals surface area contributed by atoms with E-state index in [0.29, 0.717) is 55.3 Å². The molecule has 13 heteroatoms. The van der Waals surface area contributed by atoms with E-state index in [4.69, 9.17) is 23.7 Å². The van der Waals surface area contributed by atoms with Gasteiger partial charge < -0.3 is 33.5 Å². The Morgan fingerprint density at radius 1 is 0.792 bits per heavy atom. The van der Waals surface area contributed by atoms with Gasteiger partial charge >= 0.3 is 24.3 Å². The normalized spacial score (nSPS) is 18.3. The first kappa shape index (κ1) is 37.5. The molecule has 2 fully saturated rings. The number of carbonyl (C=O) groups is 3. The van der Waals surface area contributed by atoms with Gasteiger partial charge in [0.15, 0.2) is 0 Å². The van der Waals surface area contributed by atoms with E-state index in [1.807, 2.05) is 0 Å². The number of alkyl halides is 3. The fourth-order valence-corrected chi connectivity index (χ4v) is 6.01. The Morgan fingerprint density at radius 3 is 2.17 bits per heavy atom. The predicted octanol–water partition coefficient (Wildman–Crippen LogP) is 7.78. The Balaban J connectivity index is 1.06. The van der Waals surface area contributed by atoms with Gasteiger partial charge in [-0.1, -0.05) is 42.5 Å². The van der Waals surface area contributed by atoms with Crippen molar-refractivity contribution in [3.05, 3.63) is 125 Å². The number of benzene rings is 4. The summed E-state index contributed by atoms with van der Waals surface area (Å²) in [7, 11) is 0. The average molecular weight is 735 g/mol. The summed E-state index contributed by atoms with van der Waals surface area (Å²) in [5, 5.41) is 10.7. The van der Waals surface area contributed by atoms with E-state index in [9.17, 15) is 32.7 Å². The first-order chi connectivity index (χ1) is 25.5. The standard InChI is InChI=1S/C40H37F3O10/c41-40(42,43)53-30-15-13-29(14-16-30)38(46)52-34-19-17-31(22-32(34)39(47)49-24-25-5-2-1-3-6-25)50-37(45)28-11-9-27(10-12-28)33(44)7-4-20-48-23-26-8-18-35-36(21-26)51-35/h1-3,5-6,9-17,19,22,26,33,35-36,44H,4,7-8,18,20-21,23-24H2. The molecular weight excluding hydrogens is 697 g/mol. The lowest BCUT2D eigenvalue weighted by Gasteiger charge is -2.19. The zero-order valence-electron chi connectivity index (χ0n) is 28.5. The van der Waals surface area contributed by atoms with Gasteiger partial charge in [-0.2, -0.15) is 0 Å². The highest BCUT2D eigenvalue weighted by molar-refractivity contribution is 5.97. The summed E-state index contributed by atoms with van der Waals surface area (Å²) < 4.78 is 69.2. The molecule has 4 atom stereocenters.